The zero-order valence-electron chi connectivity index (χ0n) is 11.7. The monoisotopic (exact) mass is 354 g/mol. The Balaban J connectivity index is 2.36. The lowest BCUT2D eigenvalue weighted by molar-refractivity contribution is -0.145. The summed E-state index contributed by atoms with van der Waals surface area (Å²) in [5, 5.41) is 8.92. The van der Waals surface area contributed by atoms with Crippen LogP contribution in [0.4, 0.5) is 10.1 Å². The molecule has 1 aromatic carbocycles. The summed E-state index contributed by atoms with van der Waals surface area (Å²) < 4.78 is 19.7. The van der Waals surface area contributed by atoms with Crippen LogP contribution >= 0.6 is 15.9 Å². The van der Waals surface area contributed by atoms with Crippen molar-refractivity contribution in [2.75, 3.05) is 18.1 Å². The van der Waals surface area contributed by atoms with Gasteiger partial charge in [-0.25, -0.2) is 9.18 Å². The predicted octanol–water partition coefficient (Wildman–Crippen LogP) is 3.38. The van der Waals surface area contributed by atoms with E-state index in [1.54, 1.807) is 24.0 Å². The molecule has 112 valence electrons. The number of anilines is 1. The second-order valence-electron chi connectivity index (χ2n) is 4.83. The highest BCUT2D eigenvalue weighted by molar-refractivity contribution is 9.10. The number of rotatable bonds is 3. The Morgan fingerprint density at radius 1 is 1.57 bits per heavy atom. The van der Waals surface area contributed by atoms with Crippen molar-refractivity contribution >= 4 is 27.6 Å². The fourth-order valence-corrected chi connectivity index (χ4v) is 2.97. The van der Waals surface area contributed by atoms with Crippen molar-refractivity contribution in [2.45, 2.75) is 32.2 Å². The molecule has 6 heteroatoms. The zero-order chi connectivity index (χ0) is 15.4. The van der Waals surface area contributed by atoms with Crippen molar-refractivity contribution in [1.29, 1.82) is 5.26 Å². The van der Waals surface area contributed by atoms with Gasteiger partial charge in [0.25, 0.3) is 0 Å². The van der Waals surface area contributed by atoms with E-state index in [-0.39, 0.29) is 16.0 Å². The van der Waals surface area contributed by atoms with E-state index in [9.17, 15) is 9.18 Å². The van der Waals surface area contributed by atoms with Crippen molar-refractivity contribution in [1.82, 2.24) is 0 Å². The van der Waals surface area contributed by atoms with Crippen molar-refractivity contribution in [3.8, 4) is 6.07 Å². The Morgan fingerprint density at radius 3 is 3.00 bits per heavy atom. The van der Waals surface area contributed by atoms with Crippen LogP contribution in [0.15, 0.2) is 16.6 Å². The summed E-state index contributed by atoms with van der Waals surface area (Å²) in [6.07, 6.45) is 2.46. The Labute approximate surface area is 131 Å². The molecule has 1 heterocycles. The molecule has 4 nitrogen and oxygen atoms in total. The molecular formula is C15H16BrFN2O2. The molecule has 0 N–H and O–H groups in total. The number of ether oxygens (including phenoxy) is 1. The molecule has 1 saturated heterocycles. The molecule has 0 aliphatic carbocycles. The number of piperidine rings is 1. The largest absolute Gasteiger partial charge is 0.464 e. The van der Waals surface area contributed by atoms with Crippen molar-refractivity contribution in [3.63, 3.8) is 0 Å². The van der Waals surface area contributed by atoms with Crippen LogP contribution < -0.4 is 4.90 Å². The maximum Gasteiger partial charge on any atom is 0.328 e. The number of esters is 1. The first-order valence-electron chi connectivity index (χ1n) is 6.91. The summed E-state index contributed by atoms with van der Waals surface area (Å²) in [4.78, 5) is 13.8. The van der Waals surface area contributed by atoms with Crippen LogP contribution in [0.2, 0.25) is 0 Å². The van der Waals surface area contributed by atoms with E-state index in [4.69, 9.17) is 10.00 Å². The van der Waals surface area contributed by atoms with Gasteiger partial charge >= 0.3 is 5.97 Å². The van der Waals surface area contributed by atoms with Gasteiger partial charge in [-0.05, 0) is 54.2 Å². The van der Waals surface area contributed by atoms with Gasteiger partial charge in [-0.1, -0.05) is 0 Å². The Kier molecular flexibility index (Phi) is 5.18. The van der Waals surface area contributed by atoms with Gasteiger partial charge in [0, 0.05) is 6.54 Å². The van der Waals surface area contributed by atoms with Gasteiger partial charge in [0.1, 0.15) is 12.1 Å². The topological polar surface area (TPSA) is 53.3 Å². The van der Waals surface area contributed by atoms with Gasteiger partial charge in [0.15, 0.2) is 5.82 Å². The lowest BCUT2D eigenvalue weighted by Crippen LogP contribution is -2.46. The standard InChI is InChI=1S/C15H16BrFN2O2/c1-2-21-15(20)12-5-3-4-8-19(12)11-7-6-10(9-18)13(16)14(11)17/h6-7,12H,2-5,8H2,1H3. The lowest BCUT2D eigenvalue weighted by Gasteiger charge is -2.36. The maximum atomic E-state index is 14.5. The number of nitriles is 1. The number of carbonyl (C=O) groups is 1. The van der Waals surface area contributed by atoms with Crippen LogP contribution in [0, 0.1) is 17.1 Å². The van der Waals surface area contributed by atoms with E-state index < -0.39 is 11.9 Å². The molecule has 1 unspecified atom stereocenters. The van der Waals surface area contributed by atoms with Gasteiger partial charge in [-0.15, -0.1) is 0 Å². The molecule has 0 amide bonds. The summed E-state index contributed by atoms with van der Waals surface area (Å²) in [5.74, 6) is -0.831. The molecule has 1 aliphatic heterocycles. The van der Waals surface area contributed by atoms with Gasteiger partial charge in [-0.2, -0.15) is 5.26 Å². The molecule has 1 atom stereocenters. The van der Waals surface area contributed by atoms with Crippen LogP contribution in [0.1, 0.15) is 31.7 Å². The van der Waals surface area contributed by atoms with Gasteiger partial charge in [0.05, 0.1) is 22.3 Å². The van der Waals surface area contributed by atoms with Crippen molar-refractivity contribution in [2.24, 2.45) is 0 Å². The summed E-state index contributed by atoms with van der Waals surface area (Å²) in [7, 11) is 0. The van der Waals surface area contributed by atoms with Crippen LogP contribution in [0.25, 0.3) is 0 Å². The van der Waals surface area contributed by atoms with Crippen LogP contribution in [-0.2, 0) is 9.53 Å². The number of hydrogen-bond donors (Lipinski definition) is 0. The number of benzene rings is 1. The lowest BCUT2D eigenvalue weighted by atomic mass is 10.0. The SMILES string of the molecule is CCOC(=O)C1CCCCN1c1ccc(C#N)c(Br)c1F. The predicted molar refractivity (Wildman–Crippen MR) is 80.4 cm³/mol. The average Bonchev–Trinajstić information content (AvgIpc) is 2.50. The molecule has 1 fully saturated rings. The summed E-state index contributed by atoms with van der Waals surface area (Å²) >= 11 is 3.11. The van der Waals surface area contributed by atoms with Crippen molar-refractivity contribution in [3.05, 3.63) is 28.0 Å². The average molecular weight is 355 g/mol. The summed E-state index contributed by atoms with van der Waals surface area (Å²) in [6, 6.07) is 4.57. The van der Waals surface area contributed by atoms with E-state index in [1.807, 2.05) is 6.07 Å². The second-order valence-corrected chi connectivity index (χ2v) is 5.62. The quantitative estimate of drug-likeness (QED) is 0.780. The highest BCUT2D eigenvalue weighted by Crippen LogP contribution is 2.33. The zero-order valence-corrected chi connectivity index (χ0v) is 13.3. The highest BCUT2D eigenvalue weighted by Gasteiger charge is 2.32. The minimum atomic E-state index is -0.509. The van der Waals surface area contributed by atoms with Gasteiger partial charge in [-0.3, -0.25) is 0 Å². The molecule has 0 radical (unpaired) electrons. The molecule has 0 saturated carbocycles. The molecule has 1 aliphatic rings. The van der Waals surface area contributed by atoms with E-state index in [0.717, 1.165) is 12.8 Å². The molecule has 0 bridgehead atoms. The first-order valence-corrected chi connectivity index (χ1v) is 7.70. The number of carbonyl (C=O) groups excluding carboxylic acids is 1. The third kappa shape index (κ3) is 3.18. The highest BCUT2D eigenvalue weighted by atomic mass is 79.9. The van der Waals surface area contributed by atoms with Crippen molar-refractivity contribution < 1.29 is 13.9 Å². The normalized spacial score (nSPS) is 18.2. The molecule has 1 aromatic rings. The first-order chi connectivity index (χ1) is 10.1. The van der Waals surface area contributed by atoms with E-state index in [1.165, 1.54) is 0 Å². The summed E-state index contributed by atoms with van der Waals surface area (Å²) in [5.41, 5.74) is 0.569. The Morgan fingerprint density at radius 2 is 2.33 bits per heavy atom. The number of nitrogens with zero attached hydrogens (tertiary/aromatic N) is 2. The van der Waals surface area contributed by atoms with Gasteiger partial charge in [0.2, 0.25) is 0 Å². The number of halogens is 2. The van der Waals surface area contributed by atoms with E-state index in [2.05, 4.69) is 15.9 Å². The third-order valence-corrected chi connectivity index (χ3v) is 4.33. The Hall–Kier alpha value is -1.61. The van der Waals surface area contributed by atoms with E-state index in [0.29, 0.717) is 25.3 Å². The van der Waals surface area contributed by atoms with Crippen LogP contribution in [0.3, 0.4) is 0 Å². The third-order valence-electron chi connectivity index (χ3n) is 3.55. The smallest absolute Gasteiger partial charge is 0.328 e. The first kappa shape index (κ1) is 15.8. The fourth-order valence-electron chi connectivity index (χ4n) is 2.55. The van der Waals surface area contributed by atoms with Crippen LogP contribution in [-0.4, -0.2) is 25.2 Å². The summed E-state index contributed by atoms with van der Waals surface area (Å²) in [6.45, 7) is 2.66. The molecule has 0 spiro atoms. The Bertz CT molecular complexity index is 586. The minimum absolute atomic E-state index is 0.135. The fraction of sp³-hybridized carbons (Fsp3) is 0.467. The maximum absolute atomic E-state index is 14.5. The molecule has 21 heavy (non-hydrogen) atoms. The van der Waals surface area contributed by atoms with E-state index >= 15 is 0 Å². The minimum Gasteiger partial charge on any atom is -0.464 e. The number of hydrogen-bond acceptors (Lipinski definition) is 4. The molecule has 2 rings (SSSR count). The second kappa shape index (κ2) is 6.90. The van der Waals surface area contributed by atoms with Gasteiger partial charge < -0.3 is 9.64 Å². The molecular weight excluding hydrogens is 339 g/mol. The molecule has 0 aromatic heterocycles. The van der Waals surface area contributed by atoms with Crippen LogP contribution in [0.5, 0.6) is 0 Å².